The highest BCUT2D eigenvalue weighted by atomic mass is 15.2. The fourth-order valence-corrected chi connectivity index (χ4v) is 2.30. The molecule has 3 heteroatoms. The third-order valence-electron chi connectivity index (χ3n) is 3.57. The molecular weight excluding hydrogens is 186 g/mol. The van der Waals surface area contributed by atoms with Gasteiger partial charge in [-0.25, -0.2) is 0 Å². The zero-order valence-electron chi connectivity index (χ0n) is 9.90. The largest absolute Gasteiger partial charge is 0.316 e. The highest BCUT2D eigenvalue weighted by molar-refractivity contribution is 5.03. The molecule has 1 aromatic rings. The van der Waals surface area contributed by atoms with Gasteiger partial charge in [-0.05, 0) is 37.8 Å². The van der Waals surface area contributed by atoms with Crippen molar-refractivity contribution in [3.05, 3.63) is 18.0 Å². The number of hydrogen-bond acceptors (Lipinski definition) is 2. The van der Waals surface area contributed by atoms with Crippen LogP contribution in [0.15, 0.2) is 12.3 Å². The highest BCUT2D eigenvalue weighted by Gasteiger charge is 2.32. The summed E-state index contributed by atoms with van der Waals surface area (Å²) in [5.74, 6) is 1.73. The zero-order valence-corrected chi connectivity index (χ0v) is 9.90. The molecule has 0 bridgehead atoms. The Hall–Kier alpha value is -0.830. The van der Waals surface area contributed by atoms with Crippen LogP contribution in [0.25, 0.3) is 0 Å². The average molecular weight is 207 g/mol. The van der Waals surface area contributed by atoms with Crippen LogP contribution in [-0.2, 0) is 13.5 Å². The average Bonchev–Trinajstić information content (AvgIpc) is 2.99. The van der Waals surface area contributed by atoms with Gasteiger partial charge in [0.2, 0.25) is 0 Å². The summed E-state index contributed by atoms with van der Waals surface area (Å²) in [6.07, 6.45) is 5.90. The van der Waals surface area contributed by atoms with E-state index in [1.807, 2.05) is 17.9 Å². The standard InChI is InChI=1S/C12H21N3/c1-9(10-4-5-10)12(13-2)8-11-6-7-15(3)14-11/h6-7,9-10,12-13H,4-5,8H2,1-3H3. The summed E-state index contributed by atoms with van der Waals surface area (Å²) in [7, 11) is 4.04. The Morgan fingerprint density at radius 3 is 2.80 bits per heavy atom. The third kappa shape index (κ3) is 2.59. The summed E-state index contributed by atoms with van der Waals surface area (Å²) in [4.78, 5) is 0. The lowest BCUT2D eigenvalue weighted by Crippen LogP contribution is -2.35. The summed E-state index contributed by atoms with van der Waals surface area (Å²) in [6, 6.07) is 2.69. The molecule has 15 heavy (non-hydrogen) atoms. The van der Waals surface area contributed by atoms with Crippen LogP contribution in [0.1, 0.15) is 25.5 Å². The summed E-state index contributed by atoms with van der Waals surface area (Å²) in [6.45, 7) is 2.36. The molecule has 1 aliphatic rings. The van der Waals surface area contributed by atoms with Crippen LogP contribution >= 0.6 is 0 Å². The van der Waals surface area contributed by atoms with Crippen LogP contribution < -0.4 is 5.32 Å². The van der Waals surface area contributed by atoms with E-state index in [-0.39, 0.29) is 0 Å². The van der Waals surface area contributed by atoms with Gasteiger partial charge in [-0.15, -0.1) is 0 Å². The molecule has 1 N–H and O–H groups in total. The fourth-order valence-electron chi connectivity index (χ4n) is 2.30. The molecule has 1 fully saturated rings. The summed E-state index contributed by atoms with van der Waals surface area (Å²) in [5.41, 5.74) is 1.20. The van der Waals surface area contributed by atoms with Crippen molar-refractivity contribution in [3.63, 3.8) is 0 Å². The monoisotopic (exact) mass is 207 g/mol. The first-order valence-electron chi connectivity index (χ1n) is 5.86. The topological polar surface area (TPSA) is 29.9 Å². The molecule has 0 radical (unpaired) electrons. The van der Waals surface area contributed by atoms with Gasteiger partial charge in [0.1, 0.15) is 0 Å². The molecule has 2 unspecified atom stereocenters. The van der Waals surface area contributed by atoms with Crippen molar-refractivity contribution in [1.29, 1.82) is 0 Å². The Bertz CT molecular complexity index is 314. The molecule has 0 aliphatic heterocycles. The van der Waals surface area contributed by atoms with Crippen LogP contribution in [0.5, 0.6) is 0 Å². The maximum absolute atomic E-state index is 4.44. The van der Waals surface area contributed by atoms with Crippen LogP contribution in [-0.4, -0.2) is 22.9 Å². The van der Waals surface area contributed by atoms with Gasteiger partial charge in [0.15, 0.2) is 0 Å². The molecule has 1 aliphatic carbocycles. The van der Waals surface area contributed by atoms with Crippen LogP contribution in [0.2, 0.25) is 0 Å². The maximum atomic E-state index is 4.44. The number of nitrogens with zero attached hydrogens (tertiary/aromatic N) is 2. The second-order valence-electron chi connectivity index (χ2n) is 4.78. The molecule has 0 aromatic carbocycles. The Kier molecular flexibility index (Phi) is 3.10. The molecule has 3 nitrogen and oxygen atoms in total. The lowest BCUT2D eigenvalue weighted by molar-refractivity contribution is 0.355. The number of aryl methyl sites for hydroxylation is 1. The summed E-state index contributed by atoms with van der Waals surface area (Å²) in [5, 5.41) is 7.87. The van der Waals surface area contributed by atoms with E-state index < -0.39 is 0 Å². The highest BCUT2D eigenvalue weighted by Crippen LogP contribution is 2.38. The van der Waals surface area contributed by atoms with Gasteiger partial charge in [0.05, 0.1) is 5.69 Å². The van der Waals surface area contributed by atoms with Gasteiger partial charge >= 0.3 is 0 Å². The van der Waals surface area contributed by atoms with Crippen molar-refractivity contribution in [2.75, 3.05) is 7.05 Å². The van der Waals surface area contributed by atoms with E-state index in [4.69, 9.17) is 0 Å². The normalized spacial score (nSPS) is 20.2. The minimum Gasteiger partial charge on any atom is -0.316 e. The van der Waals surface area contributed by atoms with Crippen molar-refractivity contribution >= 4 is 0 Å². The minimum atomic E-state index is 0.576. The predicted octanol–water partition coefficient (Wildman–Crippen LogP) is 1.60. The van der Waals surface area contributed by atoms with Crippen molar-refractivity contribution in [1.82, 2.24) is 15.1 Å². The lowest BCUT2D eigenvalue weighted by Gasteiger charge is -2.22. The first kappa shape index (κ1) is 10.7. The molecule has 2 rings (SSSR count). The van der Waals surface area contributed by atoms with Crippen molar-refractivity contribution in [3.8, 4) is 0 Å². The quantitative estimate of drug-likeness (QED) is 0.794. The van der Waals surface area contributed by atoms with Crippen molar-refractivity contribution in [2.45, 2.75) is 32.2 Å². The molecule has 1 saturated carbocycles. The number of nitrogens with one attached hydrogen (secondary N) is 1. The van der Waals surface area contributed by atoms with Crippen LogP contribution in [0, 0.1) is 11.8 Å². The van der Waals surface area contributed by atoms with E-state index in [9.17, 15) is 0 Å². The Morgan fingerprint density at radius 2 is 2.33 bits per heavy atom. The predicted molar refractivity (Wildman–Crippen MR) is 61.6 cm³/mol. The van der Waals surface area contributed by atoms with Crippen LogP contribution in [0.3, 0.4) is 0 Å². The van der Waals surface area contributed by atoms with E-state index in [0.29, 0.717) is 6.04 Å². The first-order chi connectivity index (χ1) is 7.20. The second-order valence-corrected chi connectivity index (χ2v) is 4.78. The molecule has 1 aromatic heterocycles. The number of aromatic nitrogens is 2. The fraction of sp³-hybridized carbons (Fsp3) is 0.750. The number of hydrogen-bond donors (Lipinski definition) is 1. The van der Waals surface area contributed by atoms with Gasteiger partial charge in [-0.3, -0.25) is 4.68 Å². The van der Waals surface area contributed by atoms with Gasteiger partial charge in [0.25, 0.3) is 0 Å². The SMILES string of the molecule is CNC(Cc1ccn(C)n1)C(C)C1CC1. The summed E-state index contributed by atoms with van der Waals surface area (Å²) >= 11 is 0. The Balaban J connectivity index is 1.95. The smallest absolute Gasteiger partial charge is 0.0640 e. The lowest BCUT2D eigenvalue weighted by atomic mass is 9.93. The minimum absolute atomic E-state index is 0.576. The van der Waals surface area contributed by atoms with E-state index in [2.05, 4.69) is 30.5 Å². The maximum Gasteiger partial charge on any atom is 0.0640 e. The Labute approximate surface area is 91.9 Å². The van der Waals surface area contributed by atoms with Crippen molar-refractivity contribution < 1.29 is 0 Å². The third-order valence-corrected chi connectivity index (χ3v) is 3.57. The molecule has 84 valence electrons. The number of likely N-dealkylation sites (N-methyl/N-ethyl adjacent to an activating group) is 1. The van der Waals surface area contributed by atoms with E-state index in [0.717, 1.165) is 18.3 Å². The van der Waals surface area contributed by atoms with E-state index in [1.54, 1.807) is 0 Å². The Morgan fingerprint density at radius 1 is 1.60 bits per heavy atom. The second kappa shape index (κ2) is 4.35. The molecule has 0 saturated heterocycles. The first-order valence-corrected chi connectivity index (χ1v) is 5.86. The molecule has 0 amide bonds. The van der Waals surface area contributed by atoms with E-state index >= 15 is 0 Å². The molecule has 0 spiro atoms. The van der Waals surface area contributed by atoms with Gasteiger partial charge in [-0.1, -0.05) is 6.92 Å². The van der Waals surface area contributed by atoms with E-state index in [1.165, 1.54) is 18.5 Å². The number of rotatable bonds is 5. The van der Waals surface area contributed by atoms with Gasteiger partial charge in [0, 0.05) is 25.7 Å². The zero-order chi connectivity index (χ0) is 10.8. The molecular formula is C12H21N3. The van der Waals surface area contributed by atoms with Crippen molar-refractivity contribution in [2.24, 2.45) is 18.9 Å². The summed E-state index contributed by atoms with van der Waals surface area (Å²) < 4.78 is 1.88. The molecule has 1 heterocycles. The molecule has 2 atom stereocenters. The van der Waals surface area contributed by atoms with Gasteiger partial charge < -0.3 is 5.32 Å². The van der Waals surface area contributed by atoms with Crippen LogP contribution in [0.4, 0.5) is 0 Å². The van der Waals surface area contributed by atoms with Gasteiger partial charge in [-0.2, -0.15) is 5.10 Å².